The van der Waals surface area contributed by atoms with Crippen molar-refractivity contribution in [2.75, 3.05) is 6.54 Å². The number of thiazole rings is 1. The minimum absolute atomic E-state index is 0.159. The average molecular weight is 318 g/mol. The molecule has 0 radical (unpaired) electrons. The van der Waals surface area contributed by atoms with Gasteiger partial charge in [-0.1, -0.05) is 0 Å². The molecule has 0 saturated carbocycles. The number of hydrogen-bond donors (Lipinski definition) is 1. The maximum absolute atomic E-state index is 5.67. The Balaban J connectivity index is 1.96. The molecule has 0 fully saturated rings. The third-order valence-corrected chi connectivity index (χ3v) is 3.98. The van der Waals surface area contributed by atoms with Crippen molar-refractivity contribution in [1.82, 2.24) is 10.3 Å². The summed E-state index contributed by atoms with van der Waals surface area (Å²) in [5.41, 5.74) is 2.35. The van der Waals surface area contributed by atoms with Gasteiger partial charge in [0.2, 0.25) is 0 Å². The van der Waals surface area contributed by atoms with Crippen molar-refractivity contribution < 1.29 is 4.74 Å². The standard InChI is InChI=1S/C18H26N2OS/c1-13(2)21-15-8-6-14(7-9-15)16-12-22-17(20-16)10-11-19-18(3,4)5/h6-9,12-13,19H,10-11H2,1-5H3. The third kappa shape index (κ3) is 5.43. The second-order valence-electron chi connectivity index (χ2n) is 6.74. The number of benzene rings is 1. The van der Waals surface area contributed by atoms with E-state index in [0.29, 0.717) is 0 Å². The highest BCUT2D eigenvalue weighted by atomic mass is 32.1. The van der Waals surface area contributed by atoms with Gasteiger partial charge in [0.15, 0.2) is 0 Å². The summed E-state index contributed by atoms with van der Waals surface area (Å²) in [5.74, 6) is 0.906. The van der Waals surface area contributed by atoms with Crippen molar-refractivity contribution in [3.63, 3.8) is 0 Å². The number of hydrogen-bond acceptors (Lipinski definition) is 4. The average Bonchev–Trinajstić information content (AvgIpc) is 2.86. The van der Waals surface area contributed by atoms with Gasteiger partial charge in [-0.2, -0.15) is 0 Å². The van der Waals surface area contributed by atoms with Crippen molar-refractivity contribution >= 4 is 11.3 Å². The summed E-state index contributed by atoms with van der Waals surface area (Å²) in [6, 6.07) is 8.17. The van der Waals surface area contributed by atoms with Gasteiger partial charge >= 0.3 is 0 Å². The number of nitrogens with one attached hydrogen (secondary N) is 1. The van der Waals surface area contributed by atoms with Gasteiger partial charge in [0.05, 0.1) is 16.8 Å². The van der Waals surface area contributed by atoms with E-state index >= 15 is 0 Å². The third-order valence-electron chi connectivity index (χ3n) is 3.07. The summed E-state index contributed by atoms with van der Waals surface area (Å²) in [4.78, 5) is 4.73. The fourth-order valence-corrected chi connectivity index (χ4v) is 2.89. The molecule has 0 bridgehead atoms. The van der Waals surface area contributed by atoms with E-state index in [2.05, 4.69) is 43.6 Å². The van der Waals surface area contributed by atoms with Crippen molar-refractivity contribution in [2.45, 2.75) is 52.7 Å². The van der Waals surface area contributed by atoms with E-state index in [-0.39, 0.29) is 11.6 Å². The highest BCUT2D eigenvalue weighted by Crippen LogP contribution is 2.24. The molecule has 0 aliphatic rings. The number of rotatable bonds is 6. The summed E-state index contributed by atoms with van der Waals surface area (Å²) < 4.78 is 5.67. The van der Waals surface area contributed by atoms with Gasteiger partial charge in [0.25, 0.3) is 0 Å². The Hall–Kier alpha value is -1.39. The lowest BCUT2D eigenvalue weighted by Gasteiger charge is -2.19. The topological polar surface area (TPSA) is 34.1 Å². The van der Waals surface area contributed by atoms with Crippen LogP contribution in [0.25, 0.3) is 11.3 Å². The quantitative estimate of drug-likeness (QED) is 0.850. The van der Waals surface area contributed by atoms with E-state index in [0.717, 1.165) is 30.0 Å². The molecule has 22 heavy (non-hydrogen) atoms. The zero-order chi connectivity index (χ0) is 16.2. The molecule has 2 rings (SSSR count). The van der Waals surface area contributed by atoms with Crippen LogP contribution in [-0.4, -0.2) is 23.2 Å². The first-order valence-electron chi connectivity index (χ1n) is 7.80. The van der Waals surface area contributed by atoms with Gasteiger partial charge in [0, 0.05) is 29.4 Å². The van der Waals surface area contributed by atoms with Crippen LogP contribution in [0.4, 0.5) is 0 Å². The van der Waals surface area contributed by atoms with Crippen LogP contribution in [0.15, 0.2) is 29.6 Å². The van der Waals surface area contributed by atoms with Crippen molar-refractivity contribution in [3.8, 4) is 17.0 Å². The molecule has 0 unspecified atom stereocenters. The molecule has 3 nitrogen and oxygen atoms in total. The van der Waals surface area contributed by atoms with Gasteiger partial charge in [0.1, 0.15) is 5.75 Å². The Kier molecular flexibility index (Phi) is 5.59. The zero-order valence-electron chi connectivity index (χ0n) is 14.1. The van der Waals surface area contributed by atoms with Gasteiger partial charge in [-0.05, 0) is 58.9 Å². The maximum Gasteiger partial charge on any atom is 0.119 e. The molecular weight excluding hydrogens is 292 g/mol. The summed E-state index contributed by atoms with van der Waals surface area (Å²) >= 11 is 1.73. The number of nitrogens with zero attached hydrogens (tertiary/aromatic N) is 1. The van der Waals surface area contributed by atoms with Crippen molar-refractivity contribution in [1.29, 1.82) is 0 Å². The van der Waals surface area contributed by atoms with E-state index in [4.69, 9.17) is 9.72 Å². The van der Waals surface area contributed by atoms with E-state index in [9.17, 15) is 0 Å². The molecule has 0 spiro atoms. The smallest absolute Gasteiger partial charge is 0.119 e. The first kappa shape index (κ1) is 17.0. The summed E-state index contributed by atoms with van der Waals surface area (Å²) in [6.07, 6.45) is 1.17. The Morgan fingerprint density at radius 3 is 2.45 bits per heavy atom. The van der Waals surface area contributed by atoms with Crippen LogP contribution < -0.4 is 10.1 Å². The number of ether oxygens (including phenoxy) is 1. The normalized spacial score (nSPS) is 11.9. The van der Waals surface area contributed by atoms with Gasteiger partial charge in [-0.3, -0.25) is 0 Å². The van der Waals surface area contributed by atoms with Crippen LogP contribution in [0.3, 0.4) is 0 Å². The van der Waals surface area contributed by atoms with Gasteiger partial charge in [-0.15, -0.1) is 11.3 Å². The van der Waals surface area contributed by atoms with Crippen molar-refractivity contribution in [3.05, 3.63) is 34.7 Å². The zero-order valence-corrected chi connectivity index (χ0v) is 15.0. The first-order chi connectivity index (χ1) is 10.3. The minimum Gasteiger partial charge on any atom is -0.491 e. The molecule has 1 heterocycles. The lowest BCUT2D eigenvalue weighted by molar-refractivity contribution is 0.242. The second-order valence-corrected chi connectivity index (χ2v) is 7.69. The highest BCUT2D eigenvalue weighted by Gasteiger charge is 2.09. The lowest BCUT2D eigenvalue weighted by atomic mass is 10.1. The summed E-state index contributed by atoms with van der Waals surface area (Å²) in [7, 11) is 0. The molecule has 0 aliphatic heterocycles. The maximum atomic E-state index is 5.67. The largest absolute Gasteiger partial charge is 0.491 e. The molecule has 0 amide bonds. The molecule has 120 valence electrons. The monoisotopic (exact) mass is 318 g/mol. The SMILES string of the molecule is CC(C)Oc1ccc(-c2csc(CCNC(C)(C)C)n2)cc1. The Morgan fingerprint density at radius 1 is 1.18 bits per heavy atom. The van der Waals surface area contributed by atoms with Crippen molar-refractivity contribution in [2.24, 2.45) is 0 Å². The van der Waals surface area contributed by atoms with Crippen LogP contribution in [0.1, 0.15) is 39.6 Å². The molecule has 0 atom stereocenters. The minimum atomic E-state index is 0.159. The predicted octanol–water partition coefficient (Wildman–Crippen LogP) is 4.53. The van der Waals surface area contributed by atoms with Crippen LogP contribution in [0.2, 0.25) is 0 Å². The van der Waals surface area contributed by atoms with Crippen LogP contribution in [-0.2, 0) is 6.42 Å². The Labute approximate surface area is 137 Å². The molecular formula is C18H26N2OS. The second kappa shape index (κ2) is 7.25. The molecule has 1 aromatic carbocycles. The molecule has 0 aliphatic carbocycles. The fraction of sp³-hybridized carbons (Fsp3) is 0.500. The Morgan fingerprint density at radius 2 is 1.86 bits per heavy atom. The van der Waals surface area contributed by atoms with Crippen LogP contribution >= 0.6 is 11.3 Å². The highest BCUT2D eigenvalue weighted by molar-refractivity contribution is 7.09. The molecule has 1 aromatic heterocycles. The van der Waals surface area contributed by atoms with E-state index < -0.39 is 0 Å². The fourth-order valence-electron chi connectivity index (χ4n) is 2.08. The Bertz CT molecular complexity index is 582. The summed E-state index contributed by atoms with van der Waals surface area (Å²) in [6.45, 7) is 11.6. The van der Waals surface area contributed by atoms with Gasteiger partial charge in [-0.25, -0.2) is 4.98 Å². The van der Waals surface area contributed by atoms with Gasteiger partial charge < -0.3 is 10.1 Å². The lowest BCUT2D eigenvalue weighted by Crippen LogP contribution is -2.37. The predicted molar refractivity (Wildman–Crippen MR) is 94.8 cm³/mol. The van der Waals surface area contributed by atoms with Crippen LogP contribution in [0, 0.1) is 0 Å². The van der Waals surface area contributed by atoms with Crippen LogP contribution in [0.5, 0.6) is 5.75 Å². The first-order valence-corrected chi connectivity index (χ1v) is 8.68. The number of aromatic nitrogens is 1. The van der Waals surface area contributed by atoms with E-state index in [1.807, 2.05) is 26.0 Å². The molecule has 2 aromatic rings. The van der Waals surface area contributed by atoms with E-state index in [1.165, 1.54) is 5.01 Å². The summed E-state index contributed by atoms with van der Waals surface area (Å²) in [5, 5.41) is 6.80. The molecule has 0 saturated heterocycles. The molecule has 1 N–H and O–H groups in total. The van der Waals surface area contributed by atoms with E-state index in [1.54, 1.807) is 11.3 Å². The molecule has 4 heteroatoms.